The fourth-order valence-corrected chi connectivity index (χ4v) is 2.11. The van der Waals surface area contributed by atoms with Crippen molar-refractivity contribution in [1.29, 1.82) is 0 Å². The lowest BCUT2D eigenvalue weighted by Gasteiger charge is -2.20. The highest BCUT2D eigenvalue weighted by molar-refractivity contribution is 9.10. The van der Waals surface area contributed by atoms with Gasteiger partial charge in [-0.15, -0.1) is 0 Å². The van der Waals surface area contributed by atoms with Crippen LogP contribution in [0, 0.1) is 0 Å². The Bertz CT molecular complexity index is 564. The summed E-state index contributed by atoms with van der Waals surface area (Å²) >= 11 is 9.27. The molecular formula is C16H20BrClO4. The zero-order chi connectivity index (χ0) is 16.9. The molecule has 4 nitrogen and oxygen atoms in total. The molecule has 122 valence electrons. The minimum absolute atomic E-state index is 0.102. The highest BCUT2D eigenvalue weighted by atomic mass is 79.9. The largest absolute Gasteiger partial charge is 0.462 e. The van der Waals surface area contributed by atoms with Crippen LogP contribution in [0.25, 0.3) is 0 Å². The molecule has 0 saturated heterocycles. The summed E-state index contributed by atoms with van der Waals surface area (Å²) in [4.78, 5) is 24.5. The fourth-order valence-electron chi connectivity index (χ4n) is 1.60. The number of halogens is 2. The molecule has 0 N–H and O–H groups in total. The number of unbranched alkanes of at least 4 members (excludes halogenated alkanes) is 1. The van der Waals surface area contributed by atoms with E-state index in [0.717, 1.165) is 12.8 Å². The normalized spacial score (nSPS) is 11.2. The first-order valence-electron chi connectivity index (χ1n) is 7.05. The van der Waals surface area contributed by atoms with Gasteiger partial charge >= 0.3 is 11.9 Å². The van der Waals surface area contributed by atoms with Crippen LogP contribution in [-0.2, 0) is 9.47 Å². The number of hydrogen-bond donors (Lipinski definition) is 0. The zero-order valence-electron chi connectivity index (χ0n) is 13.2. The number of benzene rings is 1. The number of carbonyl (C=O) groups is 2. The number of hydrogen-bond acceptors (Lipinski definition) is 4. The van der Waals surface area contributed by atoms with E-state index in [9.17, 15) is 9.59 Å². The van der Waals surface area contributed by atoms with E-state index in [-0.39, 0.29) is 11.1 Å². The SMILES string of the molecule is CCCCOC(=O)c1cc(Br)c(Cl)cc1C(=O)OC(C)(C)C. The van der Waals surface area contributed by atoms with Gasteiger partial charge in [0.2, 0.25) is 0 Å². The molecule has 1 rings (SSSR count). The van der Waals surface area contributed by atoms with Gasteiger partial charge in [0.25, 0.3) is 0 Å². The van der Waals surface area contributed by atoms with Crippen LogP contribution in [-0.4, -0.2) is 24.1 Å². The third-order valence-corrected chi connectivity index (χ3v) is 3.83. The monoisotopic (exact) mass is 390 g/mol. The highest BCUT2D eigenvalue weighted by Crippen LogP contribution is 2.28. The first kappa shape index (κ1) is 19.0. The molecule has 0 aliphatic heterocycles. The van der Waals surface area contributed by atoms with E-state index in [0.29, 0.717) is 16.1 Å². The molecule has 0 amide bonds. The number of carbonyl (C=O) groups excluding carboxylic acids is 2. The topological polar surface area (TPSA) is 52.6 Å². The van der Waals surface area contributed by atoms with Crippen molar-refractivity contribution in [2.75, 3.05) is 6.61 Å². The van der Waals surface area contributed by atoms with Crippen molar-refractivity contribution < 1.29 is 19.1 Å². The quantitative estimate of drug-likeness (QED) is 0.522. The van der Waals surface area contributed by atoms with Crippen LogP contribution in [0.3, 0.4) is 0 Å². The summed E-state index contributed by atoms with van der Waals surface area (Å²) in [6.45, 7) is 7.57. The molecule has 6 heteroatoms. The Balaban J connectivity index is 3.12. The second kappa shape index (κ2) is 7.97. The van der Waals surface area contributed by atoms with Gasteiger partial charge in [-0.25, -0.2) is 9.59 Å². The maximum atomic E-state index is 12.3. The fraction of sp³-hybridized carbons (Fsp3) is 0.500. The smallest absolute Gasteiger partial charge is 0.339 e. The molecule has 0 heterocycles. The Morgan fingerprint density at radius 1 is 1.18 bits per heavy atom. The second-order valence-electron chi connectivity index (χ2n) is 5.80. The first-order chi connectivity index (χ1) is 10.2. The predicted molar refractivity (Wildman–Crippen MR) is 89.5 cm³/mol. The molecule has 1 aromatic carbocycles. The predicted octanol–water partition coefficient (Wildman–Crippen LogP) is 5.01. The lowest BCUT2D eigenvalue weighted by atomic mass is 10.1. The van der Waals surface area contributed by atoms with E-state index in [2.05, 4.69) is 15.9 Å². The van der Waals surface area contributed by atoms with E-state index < -0.39 is 17.5 Å². The molecule has 1 aromatic rings. The van der Waals surface area contributed by atoms with Gasteiger partial charge in [-0.2, -0.15) is 0 Å². The van der Waals surface area contributed by atoms with Crippen molar-refractivity contribution in [2.24, 2.45) is 0 Å². The van der Waals surface area contributed by atoms with Crippen molar-refractivity contribution in [1.82, 2.24) is 0 Å². The van der Waals surface area contributed by atoms with Crippen molar-refractivity contribution in [3.8, 4) is 0 Å². The van der Waals surface area contributed by atoms with Gasteiger partial charge in [-0.05, 0) is 55.3 Å². The summed E-state index contributed by atoms with van der Waals surface area (Å²) in [5, 5.41) is 0.325. The molecule has 0 aliphatic rings. The Morgan fingerprint density at radius 3 is 2.32 bits per heavy atom. The van der Waals surface area contributed by atoms with Crippen LogP contribution < -0.4 is 0 Å². The van der Waals surface area contributed by atoms with Gasteiger partial charge in [-0.1, -0.05) is 24.9 Å². The van der Waals surface area contributed by atoms with E-state index in [1.807, 2.05) is 6.92 Å². The van der Waals surface area contributed by atoms with Gasteiger partial charge in [0.05, 0.1) is 22.8 Å². The van der Waals surface area contributed by atoms with Crippen LogP contribution in [0.5, 0.6) is 0 Å². The lowest BCUT2D eigenvalue weighted by Crippen LogP contribution is -2.25. The van der Waals surface area contributed by atoms with E-state index >= 15 is 0 Å². The zero-order valence-corrected chi connectivity index (χ0v) is 15.5. The number of rotatable bonds is 5. The van der Waals surface area contributed by atoms with E-state index in [1.165, 1.54) is 12.1 Å². The summed E-state index contributed by atoms with van der Waals surface area (Å²) in [7, 11) is 0. The summed E-state index contributed by atoms with van der Waals surface area (Å²) < 4.78 is 11.0. The summed E-state index contributed by atoms with van der Waals surface area (Å²) in [5.74, 6) is -1.17. The summed E-state index contributed by atoms with van der Waals surface area (Å²) in [6.07, 6.45) is 1.68. The first-order valence-corrected chi connectivity index (χ1v) is 8.22. The molecule has 0 fully saturated rings. The maximum absolute atomic E-state index is 12.3. The van der Waals surface area contributed by atoms with Crippen molar-refractivity contribution in [2.45, 2.75) is 46.1 Å². The second-order valence-corrected chi connectivity index (χ2v) is 7.06. The van der Waals surface area contributed by atoms with Crippen LogP contribution >= 0.6 is 27.5 Å². The molecule has 22 heavy (non-hydrogen) atoms. The molecule has 0 aromatic heterocycles. The molecule has 0 saturated carbocycles. The van der Waals surface area contributed by atoms with Gasteiger partial charge in [0.15, 0.2) is 0 Å². The van der Waals surface area contributed by atoms with Crippen molar-refractivity contribution in [3.63, 3.8) is 0 Å². The van der Waals surface area contributed by atoms with Crippen LogP contribution in [0.1, 0.15) is 61.3 Å². The average molecular weight is 392 g/mol. The van der Waals surface area contributed by atoms with Crippen LogP contribution in [0.4, 0.5) is 0 Å². The minimum Gasteiger partial charge on any atom is -0.462 e. The molecule has 0 atom stereocenters. The third-order valence-electron chi connectivity index (χ3n) is 2.63. The van der Waals surface area contributed by atoms with Crippen molar-refractivity contribution in [3.05, 3.63) is 32.8 Å². The standard InChI is InChI=1S/C16H20BrClO4/c1-5-6-7-21-14(19)10-8-12(17)13(18)9-11(10)15(20)22-16(2,3)4/h8-9H,5-7H2,1-4H3. The Hall–Kier alpha value is -1.07. The van der Waals surface area contributed by atoms with Crippen LogP contribution in [0.2, 0.25) is 5.02 Å². The van der Waals surface area contributed by atoms with Crippen molar-refractivity contribution >= 4 is 39.5 Å². The molecular weight excluding hydrogens is 372 g/mol. The van der Waals surface area contributed by atoms with Gasteiger partial charge in [-0.3, -0.25) is 0 Å². The van der Waals surface area contributed by atoms with Gasteiger partial charge < -0.3 is 9.47 Å². The summed E-state index contributed by atoms with van der Waals surface area (Å²) in [5.41, 5.74) is -0.425. The van der Waals surface area contributed by atoms with E-state index in [4.69, 9.17) is 21.1 Å². The Morgan fingerprint density at radius 2 is 1.77 bits per heavy atom. The number of ether oxygens (including phenoxy) is 2. The van der Waals surface area contributed by atoms with Gasteiger partial charge in [0, 0.05) is 4.47 Å². The highest BCUT2D eigenvalue weighted by Gasteiger charge is 2.25. The lowest BCUT2D eigenvalue weighted by molar-refractivity contribution is 0.00640. The van der Waals surface area contributed by atoms with Gasteiger partial charge in [0.1, 0.15) is 5.60 Å². The Kier molecular flexibility index (Phi) is 6.88. The van der Waals surface area contributed by atoms with E-state index in [1.54, 1.807) is 20.8 Å². The third kappa shape index (κ3) is 5.61. The van der Waals surface area contributed by atoms with Crippen LogP contribution in [0.15, 0.2) is 16.6 Å². The average Bonchev–Trinajstić information content (AvgIpc) is 2.39. The summed E-state index contributed by atoms with van der Waals surface area (Å²) in [6, 6.07) is 2.89. The molecule has 0 radical (unpaired) electrons. The molecule has 0 aliphatic carbocycles. The minimum atomic E-state index is -0.667. The Labute approximate surface area is 144 Å². The molecule has 0 spiro atoms. The molecule has 0 bridgehead atoms. The maximum Gasteiger partial charge on any atom is 0.339 e. The molecule has 0 unspecified atom stereocenters. The number of esters is 2.